The Hall–Kier alpha value is -2.88. The number of nitrogens with one attached hydrogen (secondary N) is 2. The first-order chi connectivity index (χ1) is 13.9. The minimum atomic E-state index is -0.567. The summed E-state index contributed by atoms with van der Waals surface area (Å²) in [5.41, 5.74) is 5.57. The number of primary amides is 1. The number of nitrogens with zero attached hydrogens (tertiary/aromatic N) is 1. The summed E-state index contributed by atoms with van der Waals surface area (Å²) in [5.74, 6) is -0.976. The van der Waals surface area contributed by atoms with Gasteiger partial charge in [0.05, 0.1) is 4.91 Å². The van der Waals surface area contributed by atoms with E-state index in [0.29, 0.717) is 24.9 Å². The summed E-state index contributed by atoms with van der Waals surface area (Å²) in [6.45, 7) is 0.727. The van der Waals surface area contributed by atoms with Gasteiger partial charge in [0.2, 0.25) is 5.91 Å². The maximum atomic E-state index is 13.0. The molecule has 0 aromatic heterocycles. The van der Waals surface area contributed by atoms with E-state index in [0.717, 1.165) is 29.5 Å². The molecule has 2 rings (SSSR count). The Morgan fingerprint density at radius 3 is 2.48 bits per heavy atom. The van der Waals surface area contributed by atoms with Crippen LogP contribution in [0.5, 0.6) is 0 Å². The van der Waals surface area contributed by atoms with E-state index < -0.39 is 17.2 Å². The molecular formula is C19H23FN4O4S. The lowest BCUT2D eigenvalue weighted by Gasteiger charge is -2.13. The molecule has 5 amide bonds. The number of nitrogens with two attached hydrogens (primary N) is 1. The third-order valence-electron chi connectivity index (χ3n) is 4.08. The van der Waals surface area contributed by atoms with Crippen LogP contribution in [0, 0.1) is 5.82 Å². The summed E-state index contributed by atoms with van der Waals surface area (Å²) in [5, 5.41) is 4.76. The zero-order chi connectivity index (χ0) is 21.2. The maximum Gasteiger partial charge on any atom is 0.312 e. The van der Waals surface area contributed by atoms with Crippen molar-refractivity contribution in [1.29, 1.82) is 0 Å². The Kier molecular flexibility index (Phi) is 8.66. The molecule has 0 unspecified atom stereocenters. The quantitative estimate of drug-likeness (QED) is 0.394. The van der Waals surface area contributed by atoms with E-state index in [1.165, 1.54) is 30.3 Å². The molecule has 0 aliphatic carbocycles. The van der Waals surface area contributed by atoms with Crippen molar-refractivity contribution in [2.45, 2.75) is 25.7 Å². The molecule has 8 nitrogen and oxygen atoms in total. The Balaban J connectivity index is 1.70. The molecule has 0 atom stereocenters. The monoisotopic (exact) mass is 422 g/mol. The number of thioether (sulfide) groups is 1. The molecule has 1 saturated heterocycles. The Labute approximate surface area is 172 Å². The van der Waals surface area contributed by atoms with Crippen LogP contribution in [0.25, 0.3) is 6.08 Å². The highest BCUT2D eigenvalue weighted by molar-refractivity contribution is 8.18. The second-order valence-electron chi connectivity index (χ2n) is 6.34. The molecular weight excluding hydrogens is 399 g/mol. The van der Waals surface area contributed by atoms with E-state index in [1.54, 1.807) is 0 Å². The maximum absolute atomic E-state index is 13.0. The molecule has 0 bridgehead atoms. The summed E-state index contributed by atoms with van der Waals surface area (Å²) in [6, 6.07) is 5.03. The number of hydrogen-bond donors (Lipinski definition) is 3. The van der Waals surface area contributed by atoms with Gasteiger partial charge in [0, 0.05) is 26.1 Å². The van der Waals surface area contributed by atoms with Crippen LogP contribution in [-0.4, -0.2) is 47.6 Å². The number of urea groups is 1. The van der Waals surface area contributed by atoms with Crippen molar-refractivity contribution in [3.63, 3.8) is 0 Å². The SMILES string of the molecule is NC(=O)NCCCCCC(=O)NCCN1C(=O)SC(=Cc2ccc(F)cc2)C1=O. The number of hydrogen-bond acceptors (Lipinski definition) is 5. The summed E-state index contributed by atoms with van der Waals surface area (Å²) < 4.78 is 13.0. The highest BCUT2D eigenvalue weighted by Crippen LogP contribution is 2.31. The van der Waals surface area contributed by atoms with Gasteiger partial charge in [-0.1, -0.05) is 18.6 Å². The van der Waals surface area contributed by atoms with Gasteiger partial charge in [0.1, 0.15) is 5.82 Å². The smallest absolute Gasteiger partial charge is 0.312 e. The summed E-state index contributed by atoms with van der Waals surface area (Å²) in [7, 11) is 0. The Morgan fingerprint density at radius 1 is 1.07 bits per heavy atom. The fourth-order valence-electron chi connectivity index (χ4n) is 2.60. The number of carbonyl (C=O) groups excluding carboxylic acids is 4. The highest BCUT2D eigenvalue weighted by Gasteiger charge is 2.34. The second-order valence-corrected chi connectivity index (χ2v) is 7.33. The van der Waals surface area contributed by atoms with Gasteiger partial charge in [-0.25, -0.2) is 9.18 Å². The molecule has 1 fully saturated rings. The van der Waals surface area contributed by atoms with Gasteiger partial charge in [-0.15, -0.1) is 0 Å². The van der Waals surface area contributed by atoms with Crippen molar-refractivity contribution in [3.8, 4) is 0 Å². The molecule has 1 aromatic rings. The van der Waals surface area contributed by atoms with Gasteiger partial charge in [0.15, 0.2) is 0 Å². The van der Waals surface area contributed by atoms with E-state index >= 15 is 0 Å². The molecule has 1 aliphatic rings. The molecule has 29 heavy (non-hydrogen) atoms. The largest absolute Gasteiger partial charge is 0.354 e. The normalized spacial score (nSPS) is 15.1. The Morgan fingerprint density at radius 2 is 1.79 bits per heavy atom. The molecule has 1 heterocycles. The summed E-state index contributed by atoms with van der Waals surface area (Å²) in [6.07, 6.45) is 4.02. The zero-order valence-electron chi connectivity index (χ0n) is 15.8. The van der Waals surface area contributed by atoms with Crippen LogP contribution in [0.1, 0.15) is 31.2 Å². The van der Waals surface area contributed by atoms with Crippen LogP contribution in [0.4, 0.5) is 14.0 Å². The number of imide groups is 1. The zero-order valence-corrected chi connectivity index (χ0v) is 16.6. The number of rotatable bonds is 10. The predicted molar refractivity (Wildman–Crippen MR) is 108 cm³/mol. The first-order valence-corrected chi connectivity index (χ1v) is 9.99. The standard InChI is InChI=1S/C19H23FN4O4S/c20-14-7-5-13(6-8-14)12-15-17(26)24(19(28)29-15)11-10-22-16(25)4-2-1-3-9-23-18(21)27/h5-8,12H,1-4,9-11H2,(H,22,25)(H3,21,23,27). The van der Waals surface area contributed by atoms with Gasteiger partial charge in [-0.3, -0.25) is 19.3 Å². The lowest BCUT2D eigenvalue weighted by atomic mass is 10.2. The van der Waals surface area contributed by atoms with Gasteiger partial charge < -0.3 is 16.4 Å². The third kappa shape index (κ3) is 7.57. The van der Waals surface area contributed by atoms with E-state index in [9.17, 15) is 23.6 Å². The van der Waals surface area contributed by atoms with Gasteiger partial charge >= 0.3 is 6.03 Å². The summed E-state index contributed by atoms with van der Waals surface area (Å²) >= 11 is 0.816. The van der Waals surface area contributed by atoms with Gasteiger partial charge in [-0.2, -0.15) is 0 Å². The third-order valence-corrected chi connectivity index (χ3v) is 4.99. The minimum Gasteiger partial charge on any atom is -0.354 e. The van der Waals surface area contributed by atoms with Gasteiger partial charge in [-0.05, 0) is 48.4 Å². The lowest BCUT2D eigenvalue weighted by molar-refractivity contribution is -0.124. The van der Waals surface area contributed by atoms with Crippen LogP contribution in [0.3, 0.4) is 0 Å². The van der Waals surface area contributed by atoms with E-state index in [-0.39, 0.29) is 29.7 Å². The van der Waals surface area contributed by atoms with Crippen molar-refractivity contribution in [2.75, 3.05) is 19.6 Å². The molecule has 1 aliphatic heterocycles. The highest BCUT2D eigenvalue weighted by atomic mass is 32.2. The summed E-state index contributed by atoms with van der Waals surface area (Å²) in [4.78, 5) is 48.1. The predicted octanol–water partition coefficient (Wildman–Crippen LogP) is 2.21. The molecule has 156 valence electrons. The van der Waals surface area contributed by atoms with E-state index in [1.807, 2.05) is 0 Å². The van der Waals surface area contributed by atoms with Crippen molar-refractivity contribution in [1.82, 2.24) is 15.5 Å². The second kappa shape index (κ2) is 11.2. The van der Waals surface area contributed by atoms with Crippen molar-refractivity contribution in [2.24, 2.45) is 5.73 Å². The fraction of sp³-hybridized carbons (Fsp3) is 0.368. The lowest BCUT2D eigenvalue weighted by Crippen LogP contribution is -2.37. The number of amides is 5. The van der Waals surface area contributed by atoms with Gasteiger partial charge in [0.25, 0.3) is 11.1 Å². The van der Waals surface area contributed by atoms with Crippen molar-refractivity contribution >= 4 is 40.9 Å². The van der Waals surface area contributed by atoms with Crippen LogP contribution < -0.4 is 16.4 Å². The minimum absolute atomic E-state index is 0.0830. The molecule has 0 saturated carbocycles. The van der Waals surface area contributed by atoms with Crippen LogP contribution in [0.2, 0.25) is 0 Å². The first kappa shape index (κ1) is 22.4. The van der Waals surface area contributed by atoms with E-state index in [2.05, 4.69) is 10.6 Å². The average Bonchev–Trinajstić information content (AvgIpc) is 2.93. The number of benzene rings is 1. The fourth-order valence-corrected chi connectivity index (χ4v) is 3.46. The molecule has 0 spiro atoms. The van der Waals surface area contributed by atoms with Crippen LogP contribution in [0.15, 0.2) is 29.2 Å². The molecule has 4 N–H and O–H groups in total. The number of carbonyl (C=O) groups is 4. The molecule has 1 aromatic carbocycles. The molecule has 10 heteroatoms. The van der Waals surface area contributed by atoms with Crippen molar-refractivity contribution in [3.05, 3.63) is 40.6 Å². The number of halogens is 1. The van der Waals surface area contributed by atoms with Crippen LogP contribution in [-0.2, 0) is 9.59 Å². The average molecular weight is 422 g/mol. The van der Waals surface area contributed by atoms with Crippen molar-refractivity contribution < 1.29 is 23.6 Å². The Bertz CT molecular complexity index is 798. The molecule has 0 radical (unpaired) electrons. The first-order valence-electron chi connectivity index (χ1n) is 9.18. The topological polar surface area (TPSA) is 122 Å². The number of unbranched alkanes of at least 4 members (excludes halogenated alkanes) is 2. The van der Waals surface area contributed by atoms with E-state index in [4.69, 9.17) is 5.73 Å². The van der Waals surface area contributed by atoms with Crippen LogP contribution >= 0.6 is 11.8 Å².